The van der Waals surface area contributed by atoms with Crippen molar-refractivity contribution in [3.8, 4) is 0 Å². The minimum Gasteiger partial charge on any atom is -0.310 e. The Morgan fingerprint density at radius 2 is 2.24 bits per heavy atom. The molecule has 1 atom stereocenters. The van der Waals surface area contributed by atoms with Gasteiger partial charge in [0.25, 0.3) is 0 Å². The van der Waals surface area contributed by atoms with Gasteiger partial charge in [-0.25, -0.2) is 4.39 Å². The summed E-state index contributed by atoms with van der Waals surface area (Å²) in [5, 5.41) is 3.51. The second-order valence-electron chi connectivity index (χ2n) is 5.29. The van der Waals surface area contributed by atoms with Gasteiger partial charge in [0.1, 0.15) is 5.82 Å². The Morgan fingerprint density at radius 3 is 2.82 bits per heavy atom. The Balaban J connectivity index is 1.87. The van der Waals surface area contributed by atoms with Crippen LogP contribution in [0.3, 0.4) is 0 Å². The highest BCUT2D eigenvalue weighted by atomic mass is 19.1. The fraction of sp³-hybridized carbons (Fsp3) is 0.643. The highest BCUT2D eigenvalue weighted by molar-refractivity contribution is 5.14. The molecule has 3 heteroatoms. The van der Waals surface area contributed by atoms with Gasteiger partial charge in [-0.3, -0.25) is 4.98 Å². The standard InChI is InChI=1S/C14H21FN2/c1-3-4-14(5-6-14)10-17-11(2)12-7-13(15)9-16-8-12/h7-9,11,17H,3-6,10H2,1-2H3. The van der Waals surface area contributed by atoms with Crippen molar-refractivity contribution in [3.05, 3.63) is 29.8 Å². The summed E-state index contributed by atoms with van der Waals surface area (Å²) in [5.41, 5.74) is 1.46. The van der Waals surface area contributed by atoms with Crippen LogP contribution in [-0.2, 0) is 0 Å². The molecular weight excluding hydrogens is 215 g/mol. The zero-order chi connectivity index (χ0) is 12.3. The molecule has 0 radical (unpaired) electrons. The van der Waals surface area contributed by atoms with Crippen molar-refractivity contribution in [2.45, 2.75) is 45.6 Å². The second kappa shape index (κ2) is 5.13. The van der Waals surface area contributed by atoms with E-state index in [2.05, 4.69) is 24.1 Å². The van der Waals surface area contributed by atoms with Crippen LogP contribution in [0.2, 0.25) is 0 Å². The van der Waals surface area contributed by atoms with E-state index in [9.17, 15) is 4.39 Å². The van der Waals surface area contributed by atoms with E-state index in [0.717, 1.165) is 12.1 Å². The smallest absolute Gasteiger partial charge is 0.141 e. The number of halogens is 1. The van der Waals surface area contributed by atoms with Gasteiger partial charge in [-0.2, -0.15) is 0 Å². The van der Waals surface area contributed by atoms with Gasteiger partial charge in [-0.15, -0.1) is 0 Å². The fourth-order valence-electron chi connectivity index (χ4n) is 2.37. The van der Waals surface area contributed by atoms with Crippen LogP contribution in [0.15, 0.2) is 18.5 Å². The lowest BCUT2D eigenvalue weighted by atomic mass is 10.00. The zero-order valence-corrected chi connectivity index (χ0v) is 10.7. The van der Waals surface area contributed by atoms with Crippen molar-refractivity contribution < 1.29 is 4.39 Å². The van der Waals surface area contributed by atoms with Crippen molar-refractivity contribution in [1.82, 2.24) is 10.3 Å². The average Bonchev–Trinajstić information content (AvgIpc) is 3.07. The van der Waals surface area contributed by atoms with Crippen LogP contribution in [0.1, 0.15) is 51.1 Å². The van der Waals surface area contributed by atoms with Crippen molar-refractivity contribution >= 4 is 0 Å². The van der Waals surface area contributed by atoms with Crippen molar-refractivity contribution in [2.24, 2.45) is 5.41 Å². The molecule has 1 aromatic rings. The van der Waals surface area contributed by atoms with Crippen molar-refractivity contribution in [1.29, 1.82) is 0 Å². The first-order valence-corrected chi connectivity index (χ1v) is 6.49. The molecule has 2 rings (SSSR count). The van der Waals surface area contributed by atoms with Crippen LogP contribution in [0.5, 0.6) is 0 Å². The quantitative estimate of drug-likeness (QED) is 0.818. The molecular formula is C14H21FN2. The van der Waals surface area contributed by atoms with E-state index < -0.39 is 0 Å². The lowest BCUT2D eigenvalue weighted by Crippen LogP contribution is -2.26. The first-order valence-electron chi connectivity index (χ1n) is 6.49. The number of nitrogens with one attached hydrogen (secondary N) is 1. The average molecular weight is 236 g/mol. The summed E-state index contributed by atoms with van der Waals surface area (Å²) < 4.78 is 13.0. The van der Waals surface area contributed by atoms with Gasteiger partial charge >= 0.3 is 0 Å². The topological polar surface area (TPSA) is 24.9 Å². The molecule has 17 heavy (non-hydrogen) atoms. The molecule has 1 N–H and O–H groups in total. The molecule has 1 fully saturated rings. The first-order chi connectivity index (χ1) is 8.15. The van der Waals surface area contributed by atoms with Gasteiger partial charge in [0, 0.05) is 18.8 Å². The zero-order valence-electron chi connectivity index (χ0n) is 10.7. The largest absolute Gasteiger partial charge is 0.310 e. The molecule has 0 spiro atoms. The molecule has 0 saturated heterocycles. The molecule has 0 aromatic carbocycles. The Morgan fingerprint density at radius 1 is 1.47 bits per heavy atom. The summed E-state index contributed by atoms with van der Waals surface area (Å²) in [5.74, 6) is -0.258. The summed E-state index contributed by atoms with van der Waals surface area (Å²) in [4.78, 5) is 3.89. The molecule has 0 bridgehead atoms. The third-order valence-electron chi connectivity index (χ3n) is 3.75. The lowest BCUT2D eigenvalue weighted by molar-refractivity contribution is 0.396. The van der Waals surface area contributed by atoms with Gasteiger partial charge in [-0.05, 0) is 43.2 Å². The minimum absolute atomic E-state index is 0.174. The maximum atomic E-state index is 13.0. The predicted octanol–water partition coefficient (Wildman–Crippen LogP) is 3.45. The summed E-state index contributed by atoms with van der Waals surface area (Å²) >= 11 is 0. The van der Waals surface area contributed by atoms with Crippen LogP contribution >= 0.6 is 0 Å². The van der Waals surface area contributed by atoms with Crippen molar-refractivity contribution in [3.63, 3.8) is 0 Å². The first kappa shape index (κ1) is 12.5. The van der Waals surface area contributed by atoms with Crippen LogP contribution in [0, 0.1) is 11.2 Å². The summed E-state index contributed by atoms with van der Waals surface area (Å²) in [7, 11) is 0. The molecule has 0 amide bonds. The minimum atomic E-state index is -0.258. The maximum absolute atomic E-state index is 13.0. The van der Waals surface area contributed by atoms with Crippen LogP contribution in [-0.4, -0.2) is 11.5 Å². The summed E-state index contributed by atoms with van der Waals surface area (Å²) in [6.07, 6.45) is 8.20. The van der Waals surface area contributed by atoms with E-state index >= 15 is 0 Å². The predicted molar refractivity (Wildman–Crippen MR) is 67.2 cm³/mol. The van der Waals surface area contributed by atoms with Crippen molar-refractivity contribution in [2.75, 3.05) is 6.54 Å². The third kappa shape index (κ3) is 3.25. The molecule has 1 unspecified atom stereocenters. The van der Waals surface area contributed by atoms with Gasteiger partial charge < -0.3 is 5.32 Å². The molecule has 94 valence electrons. The summed E-state index contributed by atoms with van der Waals surface area (Å²) in [6, 6.07) is 1.73. The van der Waals surface area contributed by atoms with Gasteiger partial charge in [0.15, 0.2) is 0 Å². The van der Waals surface area contributed by atoms with Crippen LogP contribution in [0.4, 0.5) is 4.39 Å². The van der Waals surface area contributed by atoms with E-state index in [1.807, 2.05) is 0 Å². The van der Waals surface area contributed by atoms with Gasteiger partial charge in [0.05, 0.1) is 6.20 Å². The number of hydrogen-bond acceptors (Lipinski definition) is 2. The highest BCUT2D eigenvalue weighted by Gasteiger charge is 2.41. The number of hydrogen-bond donors (Lipinski definition) is 1. The van der Waals surface area contributed by atoms with E-state index in [0.29, 0.717) is 5.41 Å². The monoisotopic (exact) mass is 236 g/mol. The Bertz CT molecular complexity index is 374. The molecule has 2 nitrogen and oxygen atoms in total. The number of aromatic nitrogens is 1. The number of pyridine rings is 1. The molecule has 1 heterocycles. The SMILES string of the molecule is CCCC1(CNC(C)c2cncc(F)c2)CC1. The highest BCUT2D eigenvalue weighted by Crippen LogP contribution is 2.49. The molecule has 1 aliphatic rings. The number of nitrogens with zero attached hydrogens (tertiary/aromatic N) is 1. The Hall–Kier alpha value is -0.960. The normalized spacial score (nSPS) is 19.0. The second-order valence-corrected chi connectivity index (χ2v) is 5.29. The Kier molecular flexibility index (Phi) is 3.77. The van der Waals surface area contributed by atoms with E-state index in [-0.39, 0.29) is 11.9 Å². The fourth-order valence-corrected chi connectivity index (χ4v) is 2.37. The van der Waals surface area contributed by atoms with E-state index in [1.165, 1.54) is 31.9 Å². The van der Waals surface area contributed by atoms with Crippen LogP contribution in [0.25, 0.3) is 0 Å². The lowest BCUT2D eigenvalue weighted by Gasteiger charge is -2.19. The Labute approximate surface area is 103 Å². The van der Waals surface area contributed by atoms with E-state index in [1.54, 1.807) is 12.3 Å². The number of rotatable bonds is 6. The molecule has 0 aliphatic heterocycles. The van der Waals surface area contributed by atoms with Gasteiger partial charge in [-0.1, -0.05) is 13.3 Å². The maximum Gasteiger partial charge on any atom is 0.141 e. The third-order valence-corrected chi connectivity index (χ3v) is 3.75. The molecule has 1 aliphatic carbocycles. The molecule has 1 aromatic heterocycles. The molecule has 1 saturated carbocycles. The summed E-state index contributed by atoms with van der Waals surface area (Å²) in [6.45, 7) is 5.34. The van der Waals surface area contributed by atoms with Gasteiger partial charge in [0.2, 0.25) is 0 Å². The van der Waals surface area contributed by atoms with E-state index in [4.69, 9.17) is 0 Å². The van der Waals surface area contributed by atoms with Crippen LogP contribution < -0.4 is 5.32 Å².